The molecule has 2 atom stereocenters. The van der Waals surface area contributed by atoms with Gasteiger partial charge in [0.15, 0.2) is 5.82 Å². The second-order valence-electron chi connectivity index (χ2n) is 4.83. The minimum Gasteiger partial charge on any atom is -0.342 e. The van der Waals surface area contributed by atoms with Gasteiger partial charge in [0.2, 0.25) is 5.91 Å². The summed E-state index contributed by atoms with van der Waals surface area (Å²) >= 11 is 0. The fraction of sp³-hybridized carbons (Fsp3) is 0.615. The van der Waals surface area contributed by atoms with Crippen molar-refractivity contribution < 1.29 is 9.59 Å². The van der Waals surface area contributed by atoms with Crippen LogP contribution < -0.4 is 10.2 Å². The van der Waals surface area contributed by atoms with Crippen molar-refractivity contribution in [3.05, 3.63) is 12.3 Å². The van der Waals surface area contributed by atoms with Crippen molar-refractivity contribution in [2.24, 2.45) is 7.05 Å². The predicted molar refractivity (Wildman–Crippen MR) is 71.6 cm³/mol. The Labute approximate surface area is 112 Å². The van der Waals surface area contributed by atoms with E-state index in [0.29, 0.717) is 18.7 Å². The molecule has 6 heteroatoms. The van der Waals surface area contributed by atoms with Crippen molar-refractivity contribution >= 4 is 17.6 Å². The predicted octanol–water partition coefficient (Wildman–Crippen LogP) is 0.830. The van der Waals surface area contributed by atoms with Crippen LogP contribution in [0, 0.1) is 0 Å². The lowest BCUT2D eigenvalue weighted by Crippen LogP contribution is -2.63. The molecule has 19 heavy (non-hydrogen) atoms. The van der Waals surface area contributed by atoms with E-state index in [9.17, 15) is 9.59 Å². The molecule has 6 nitrogen and oxygen atoms in total. The highest BCUT2D eigenvalue weighted by Gasteiger charge is 2.40. The van der Waals surface area contributed by atoms with Crippen LogP contribution >= 0.6 is 0 Å². The molecule has 0 saturated carbocycles. The van der Waals surface area contributed by atoms with E-state index in [4.69, 9.17) is 0 Å². The fourth-order valence-corrected chi connectivity index (χ4v) is 2.42. The normalized spacial score (nSPS) is 23.6. The van der Waals surface area contributed by atoms with Crippen LogP contribution in [-0.2, 0) is 16.6 Å². The molecule has 1 aromatic heterocycles. The second-order valence-corrected chi connectivity index (χ2v) is 4.83. The summed E-state index contributed by atoms with van der Waals surface area (Å²) in [5.41, 5.74) is 0. The number of hydrogen-bond donors (Lipinski definition) is 1. The molecule has 2 amide bonds. The molecule has 0 spiro atoms. The Balaban J connectivity index is 2.34. The largest absolute Gasteiger partial charge is 0.342 e. The van der Waals surface area contributed by atoms with Gasteiger partial charge in [-0.1, -0.05) is 20.3 Å². The SMILES string of the molecule is CCCC1NC(=O)C(CC)N(c2ccn(C)n2)C1=O. The Morgan fingerprint density at radius 1 is 1.37 bits per heavy atom. The zero-order valence-corrected chi connectivity index (χ0v) is 11.6. The van der Waals surface area contributed by atoms with Crippen molar-refractivity contribution in [2.75, 3.05) is 4.90 Å². The number of hydrogen-bond acceptors (Lipinski definition) is 3. The monoisotopic (exact) mass is 264 g/mol. The fourth-order valence-electron chi connectivity index (χ4n) is 2.42. The number of aromatic nitrogens is 2. The highest BCUT2D eigenvalue weighted by atomic mass is 16.2. The molecule has 1 aliphatic heterocycles. The van der Waals surface area contributed by atoms with Gasteiger partial charge >= 0.3 is 0 Å². The molecule has 0 radical (unpaired) electrons. The van der Waals surface area contributed by atoms with Crippen molar-refractivity contribution in [3.63, 3.8) is 0 Å². The molecule has 0 aromatic carbocycles. The number of nitrogens with one attached hydrogen (secondary N) is 1. The molecular formula is C13H20N4O2. The molecule has 1 fully saturated rings. The summed E-state index contributed by atoms with van der Waals surface area (Å²) in [6.07, 6.45) is 3.86. The summed E-state index contributed by atoms with van der Waals surface area (Å²) in [7, 11) is 1.79. The summed E-state index contributed by atoms with van der Waals surface area (Å²) in [6.45, 7) is 3.89. The second kappa shape index (κ2) is 5.42. The summed E-state index contributed by atoms with van der Waals surface area (Å²) in [4.78, 5) is 26.1. The topological polar surface area (TPSA) is 67.2 Å². The molecule has 2 rings (SSSR count). The van der Waals surface area contributed by atoms with Gasteiger partial charge in [-0.2, -0.15) is 5.10 Å². The van der Waals surface area contributed by atoms with Crippen LogP contribution in [-0.4, -0.2) is 33.7 Å². The van der Waals surface area contributed by atoms with Gasteiger partial charge in [0.05, 0.1) is 0 Å². The average Bonchev–Trinajstić information content (AvgIpc) is 2.79. The van der Waals surface area contributed by atoms with Crippen LogP contribution in [0.25, 0.3) is 0 Å². The maximum absolute atomic E-state index is 12.5. The summed E-state index contributed by atoms with van der Waals surface area (Å²) < 4.78 is 1.64. The Bertz CT molecular complexity index is 483. The van der Waals surface area contributed by atoms with E-state index in [1.165, 1.54) is 0 Å². The quantitative estimate of drug-likeness (QED) is 0.876. The van der Waals surface area contributed by atoms with Crippen molar-refractivity contribution in [3.8, 4) is 0 Å². The first-order chi connectivity index (χ1) is 9.08. The Morgan fingerprint density at radius 2 is 2.11 bits per heavy atom. The molecule has 1 aromatic rings. The van der Waals surface area contributed by atoms with Crippen LogP contribution in [0.1, 0.15) is 33.1 Å². The Hall–Kier alpha value is -1.85. The molecule has 1 saturated heterocycles. The third kappa shape index (κ3) is 2.47. The highest BCUT2D eigenvalue weighted by molar-refractivity contribution is 6.07. The summed E-state index contributed by atoms with van der Waals surface area (Å²) in [5, 5.41) is 7.06. The third-order valence-corrected chi connectivity index (χ3v) is 3.38. The minimum atomic E-state index is -0.462. The number of carbonyl (C=O) groups is 2. The number of piperazine rings is 1. The van der Waals surface area contributed by atoms with Gasteiger partial charge < -0.3 is 5.32 Å². The molecule has 0 aliphatic carbocycles. The Kier molecular flexibility index (Phi) is 3.87. The third-order valence-electron chi connectivity index (χ3n) is 3.38. The number of amides is 2. The zero-order chi connectivity index (χ0) is 14.0. The van der Waals surface area contributed by atoms with Crippen LogP contribution in [0.5, 0.6) is 0 Å². The van der Waals surface area contributed by atoms with E-state index < -0.39 is 12.1 Å². The van der Waals surface area contributed by atoms with Crippen molar-refractivity contribution in [2.45, 2.75) is 45.2 Å². The summed E-state index contributed by atoms with van der Waals surface area (Å²) in [5.74, 6) is 0.397. The van der Waals surface area contributed by atoms with E-state index in [1.54, 1.807) is 28.9 Å². The molecule has 1 aliphatic rings. The lowest BCUT2D eigenvalue weighted by Gasteiger charge is -2.37. The van der Waals surface area contributed by atoms with E-state index >= 15 is 0 Å². The zero-order valence-electron chi connectivity index (χ0n) is 11.6. The number of carbonyl (C=O) groups excluding carboxylic acids is 2. The van der Waals surface area contributed by atoms with Gasteiger partial charge in [0.1, 0.15) is 12.1 Å². The lowest BCUT2D eigenvalue weighted by molar-refractivity contribution is -0.134. The first-order valence-electron chi connectivity index (χ1n) is 6.71. The van der Waals surface area contributed by atoms with Gasteiger partial charge in [0, 0.05) is 19.3 Å². The van der Waals surface area contributed by atoms with Crippen LogP contribution in [0.15, 0.2) is 12.3 Å². The number of anilines is 1. The van der Waals surface area contributed by atoms with E-state index in [1.807, 2.05) is 13.8 Å². The van der Waals surface area contributed by atoms with E-state index in [-0.39, 0.29) is 11.8 Å². The van der Waals surface area contributed by atoms with Gasteiger partial charge in [0.25, 0.3) is 5.91 Å². The van der Waals surface area contributed by atoms with Gasteiger partial charge in [-0.25, -0.2) is 0 Å². The van der Waals surface area contributed by atoms with E-state index in [2.05, 4.69) is 10.4 Å². The number of rotatable bonds is 4. The van der Waals surface area contributed by atoms with Gasteiger partial charge in [-0.15, -0.1) is 0 Å². The summed E-state index contributed by atoms with van der Waals surface area (Å²) in [6, 6.07) is 0.875. The maximum Gasteiger partial charge on any atom is 0.251 e. The van der Waals surface area contributed by atoms with E-state index in [0.717, 1.165) is 6.42 Å². The van der Waals surface area contributed by atoms with Crippen LogP contribution in [0.4, 0.5) is 5.82 Å². The Morgan fingerprint density at radius 3 is 2.63 bits per heavy atom. The molecule has 0 bridgehead atoms. The maximum atomic E-state index is 12.5. The average molecular weight is 264 g/mol. The van der Waals surface area contributed by atoms with Crippen LogP contribution in [0.3, 0.4) is 0 Å². The molecule has 2 heterocycles. The smallest absolute Gasteiger partial charge is 0.251 e. The standard InChI is InChI=1S/C13H20N4O2/c1-4-6-9-13(19)17(10(5-2)12(18)14-9)11-7-8-16(3)15-11/h7-10H,4-6H2,1-3H3,(H,14,18). The van der Waals surface area contributed by atoms with Crippen molar-refractivity contribution in [1.82, 2.24) is 15.1 Å². The highest BCUT2D eigenvalue weighted by Crippen LogP contribution is 2.22. The van der Waals surface area contributed by atoms with Crippen molar-refractivity contribution in [1.29, 1.82) is 0 Å². The van der Waals surface area contributed by atoms with Gasteiger partial charge in [-0.3, -0.25) is 19.2 Å². The lowest BCUT2D eigenvalue weighted by atomic mass is 10.0. The molecular weight excluding hydrogens is 244 g/mol. The van der Waals surface area contributed by atoms with Gasteiger partial charge in [-0.05, 0) is 12.8 Å². The first kappa shape index (κ1) is 13.6. The molecule has 2 unspecified atom stereocenters. The number of aryl methyl sites for hydroxylation is 1. The molecule has 104 valence electrons. The van der Waals surface area contributed by atoms with Crippen LogP contribution in [0.2, 0.25) is 0 Å². The number of nitrogens with zero attached hydrogens (tertiary/aromatic N) is 3. The minimum absolute atomic E-state index is 0.0630. The first-order valence-corrected chi connectivity index (χ1v) is 6.71. The molecule has 1 N–H and O–H groups in total.